The van der Waals surface area contributed by atoms with Gasteiger partial charge in [-0.15, -0.1) is 0 Å². The summed E-state index contributed by atoms with van der Waals surface area (Å²) in [4.78, 5) is 22.3. The Hall–Kier alpha value is -1.58. The molecule has 0 aliphatic heterocycles. The van der Waals surface area contributed by atoms with Crippen LogP contribution in [0.4, 0.5) is 0 Å². The minimum absolute atomic E-state index is 0.374. The first kappa shape index (κ1) is 14.5. The minimum atomic E-state index is -0.470. The van der Waals surface area contributed by atoms with Crippen molar-refractivity contribution in [2.24, 2.45) is 5.41 Å². The molecule has 0 aromatic carbocycles. The van der Waals surface area contributed by atoms with Gasteiger partial charge in [-0.2, -0.15) is 0 Å². The molecule has 0 aromatic rings. The third-order valence-corrected chi connectivity index (χ3v) is 2.94. The summed E-state index contributed by atoms with van der Waals surface area (Å²) in [5.41, 5.74) is 0.600. The minimum Gasteiger partial charge on any atom is -0.458 e. The maximum Gasteiger partial charge on any atom is 0.303 e. The van der Waals surface area contributed by atoms with Crippen molar-refractivity contribution in [1.29, 1.82) is 0 Å². The van der Waals surface area contributed by atoms with Crippen molar-refractivity contribution in [2.75, 3.05) is 0 Å². The van der Waals surface area contributed by atoms with Gasteiger partial charge in [-0.3, -0.25) is 9.59 Å². The molecule has 0 saturated carbocycles. The summed E-state index contributed by atoms with van der Waals surface area (Å²) >= 11 is 0. The van der Waals surface area contributed by atoms with Gasteiger partial charge in [0, 0.05) is 25.7 Å². The van der Waals surface area contributed by atoms with Crippen molar-refractivity contribution in [1.82, 2.24) is 0 Å². The fourth-order valence-electron chi connectivity index (χ4n) is 2.30. The summed E-state index contributed by atoms with van der Waals surface area (Å²) in [6, 6.07) is 0. The summed E-state index contributed by atoms with van der Waals surface area (Å²) in [6.45, 7) is 10.3. The molecule has 100 valence electrons. The number of hydrogen-bond acceptors (Lipinski definition) is 4. The Kier molecular flexibility index (Phi) is 4.33. The van der Waals surface area contributed by atoms with Crippen molar-refractivity contribution in [2.45, 2.75) is 46.3 Å². The second kappa shape index (κ2) is 5.38. The molecule has 1 aliphatic carbocycles. The number of allylic oxidation sites excluding steroid dienone is 1. The van der Waals surface area contributed by atoms with Gasteiger partial charge < -0.3 is 9.47 Å². The molecule has 0 spiro atoms. The Bertz CT molecular complexity index is 393. The van der Waals surface area contributed by atoms with Crippen molar-refractivity contribution in [3.05, 3.63) is 24.3 Å². The number of carbonyl (C=O) groups is 2. The van der Waals surface area contributed by atoms with Gasteiger partial charge in [0.05, 0.1) is 0 Å². The van der Waals surface area contributed by atoms with E-state index in [2.05, 4.69) is 6.58 Å². The van der Waals surface area contributed by atoms with Crippen LogP contribution in [0.3, 0.4) is 0 Å². The lowest BCUT2D eigenvalue weighted by atomic mass is 9.75. The van der Waals surface area contributed by atoms with Crippen LogP contribution in [0.1, 0.15) is 34.1 Å². The molecular formula is C14H20O4. The maximum atomic E-state index is 11.2. The van der Waals surface area contributed by atoms with Gasteiger partial charge in [0.15, 0.2) is 0 Å². The predicted octanol–water partition coefficient (Wildman–Crippen LogP) is 2.39. The van der Waals surface area contributed by atoms with E-state index in [4.69, 9.17) is 9.47 Å². The average Bonchev–Trinajstić information content (AvgIpc) is 2.21. The second-order valence-corrected chi connectivity index (χ2v) is 5.13. The third-order valence-electron chi connectivity index (χ3n) is 2.94. The van der Waals surface area contributed by atoms with E-state index in [0.29, 0.717) is 6.42 Å². The van der Waals surface area contributed by atoms with Gasteiger partial charge >= 0.3 is 11.9 Å². The summed E-state index contributed by atoms with van der Waals surface area (Å²) in [7, 11) is 0. The molecule has 0 heterocycles. The molecule has 0 bridgehead atoms. The number of esters is 2. The predicted molar refractivity (Wildman–Crippen MR) is 67.8 cm³/mol. The van der Waals surface area contributed by atoms with E-state index in [1.54, 1.807) is 6.08 Å². The molecule has 1 rings (SSSR count). The van der Waals surface area contributed by atoms with Gasteiger partial charge in [0.25, 0.3) is 0 Å². The summed E-state index contributed by atoms with van der Waals surface area (Å²) in [5.74, 6) is -0.751. The number of hydrogen-bond donors (Lipinski definition) is 0. The quantitative estimate of drug-likeness (QED) is 0.724. The smallest absolute Gasteiger partial charge is 0.303 e. The fraction of sp³-hybridized carbons (Fsp3) is 0.571. The van der Waals surface area contributed by atoms with Crippen molar-refractivity contribution in [3.8, 4) is 0 Å². The molecule has 2 atom stereocenters. The first-order valence-corrected chi connectivity index (χ1v) is 5.95. The molecule has 0 amide bonds. The molecule has 0 saturated heterocycles. The highest BCUT2D eigenvalue weighted by Crippen LogP contribution is 2.37. The topological polar surface area (TPSA) is 52.6 Å². The second-order valence-electron chi connectivity index (χ2n) is 5.13. The van der Waals surface area contributed by atoms with Gasteiger partial charge in [-0.05, 0) is 5.57 Å². The van der Waals surface area contributed by atoms with E-state index in [-0.39, 0.29) is 11.9 Å². The highest BCUT2D eigenvalue weighted by atomic mass is 16.6. The molecule has 1 aliphatic rings. The first-order valence-electron chi connectivity index (χ1n) is 5.95. The normalized spacial score (nSPS) is 25.9. The van der Waals surface area contributed by atoms with Crippen molar-refractivity contribution in [3.63, 3.8) is 0 Å². The fourth-order valence-corrected chi connectivity index (χ4v) is 2.30. The Balaban J connectivity index is 3.04. The lowest BCUT2D eigenvalue weighted by Crippen LogP contribution is -2.46. The zero-order valence-corrected chi connectivity index (χ0v) is 11.4. The van der Waals surface area contributed by atoms with Crippen LogP contribution < -0.4 is 0 Å². The lowest BCUT2D eigenvalue weighted by molar-refractivity contribution is -0.173. The lowest BCUT2D eigenvalue weighted by Gasteiger charge is -2.40. The molecule has 4 heteroatoms. The Morgan fingerprint density at radius 3 is 2.33 bits per heavy atom. The van der Waals surface area contributed by atoms with Crippen LogP contribution in [0.2, 0.25) is 0 Å². The van der Waals surface area contributed by atoms with E-state index in [0.717, 1.165) is 5.57 Å². The van der Waals surface area contributed by atoms with Gasteiger partial charge in [0.1, 0.15) is 12.2 Å². The van der Waals surface area contributed by atoms with E-state index in [1.807, 2.05) is 19.9 Å². The number of carbonyl (C=O) groups excluding carboxylic acids is 2. The number of rotatable bonds is 3. The Labute approximate surface area is 108 Å². The van der Waals surface area contributed by atoms with Crippen LogP contribution >= 0.6 is 0 Å². The molecule has 1 unspecified atom stereocenters. The Morgan fingerprint density at radius 1 is 1.33 bits per heavy atom. The van der Waals surface area contributed by atoms with Crippen LogP contribution in [-0.2, 0) is 19.1 Å². The average molecular weight is 252 g/mol. The third kappa shape index (κ3) is 3.45. The SMILES string of the molecule is C=CC1=CC(C)(C)[C@H](OC(C)=O)C(OC(C)=O)C1. The van der Waals surface area contributed by atoms with Crippen molar-refractivity contribution < 1.29 is 19.1 Å². The van der Waals surface area contributed by atoms with Gasteiger partial charge in [-0.1, -0.05) is 32.6 Å². The largest absolute Gasteiger partial charge is 0.458 e. The number of ether oxygens (including phenoxy) is 2. The summed E-state index contributed by atoms with van der Waals surface area (Å²) in [5, 5.41) is 0. The molecule has 0 aromatic heterocycles. The molecule has 0 radical (unpaired) electrons. The van der Waals surface area contributed by atoms with E-state index >= 15 is 0 Å². The van der Waals surface area contributed by atoms with Gasteiger partial charge in [-0.25, -0.2) is 0 Å². The van der Waals surface area contributed by atoms with Crippen molar-refractivity contribution >= 4 is 11.9 Å². The first-order chi connectivity index (χ1) is 8.26. The highest BCUT2D eigenvalue weighted by Gasteiger charge is 2.42. The van der Waals surface area contributed by atoms with E-state index < -0.39 is 17.6 Å². The van der Waals surface area contributed by atoms with Crippen LogP contribution in [0.5, 0.6) is 0 Å². The monoisotopic (exact) mass is 252 g/mol. The molecule has 4 nitrogen and oxygen atoms in total. The standard InChI is InChI=1S/C14H20O4/c1-6-11-7-12(17-9(2)15)13(18-10(3)16)14(4,5)8-11/h6,8,12-13H,1,7H2,2-5H3/t12?,13-/m1/s1. The van der Waals surface area contributed by atoms with E-state index in [9.17, 15) is 9.59 Å². The van der Waals surface area contributed by atoms with E-state index in [1.165, 1.54) is 13.8 Å². The molecule has 18 heavy (non-hydrogen) atoms. The van der Waals surface area contributed by atoms with Gasteiger partial charge in [0.2, 0.25) is 0 Å². The zero-order valence-electron chi connectivity index (χ0n) is 11.4. The molecule has 0 fully saturated rings. The van der Waals surface area contributed by atoms with Crippen LogP contribution in [0.15, 0.2) is 24.3 Å². The summed E-state index contributed by atoms with van der Waals surface area (Å²) < 4.78 is 10.6. The highest BCUT2D eigenvalue weighted by molar-refractivity contribution is 5.67. The zero-order chi connectivity index (χ0) is 13.9. The molecular weight excluding hydrogens is 232 g/mol. The summed E-state index contributed by atoms with van der Waals surface area (Å²) in [6.07, 6.45) is 3.34. The molecule has 0 N–H and O–H groups in total. The van der Waals surface area contributed by atoms with Crippen LogP contribution in [-0.4, -0.2) is 24.1 Å². The van der Waals surface area contributed by atoms with Crippen LogP contribution in [0.25, 0.3) is 0 Å². The Morgan fingerprint density at radius 2 is 1.89 bits per heavy atom. The van der Waals surface area contributed by atoms with Crippen LogP contribution in [0, 0.1) is 5.41 Å². The maximum absolute atomic E-state index is 11.2.